The Morgan fingerprint density at radius 2 is 1.90 bits per heavy atom. The lowest BCUT2D eigenvalue weighted by atomic mass is 9.95. The van der Waals surface area contributed by atoms with Gasteiger partial charge in [-0.25, -0.2) is 0 Å². The summed E-state index contributed by atoms with van der Waals surface area (Å²) in [7, 11) is -3.52. The van der Waals surface area contributed by atoms with Gasteiger partial charge >= 0.3 is 0 Å². The Labute approximate surface area is 196 Å². The summed E-state index contributed by atoms with van der Waals surface area (Å²) >= 11 is 2.18. The van der Waals surface area contributed by atoms with Gasteiger partial charge in [0.05, 0.1) is 37.8 Å². The third kappa shape index (κ3) is 9.24. The summed E-state index contributed by atoms with van der Waals surface area (Å²) in [4.78, 5) is 0. The molecule has 0 aromatic carbocycles. The summed E-state index contributed by atoms with van der Waals surface area (Å²) < 4.78 is 47.5. The summed E-state index contributed by atoms with van der Waals surface area (Å²) in [6.45, 7) is 15.9. The Morgan fingerprint density at radius 1 is 1.27 bits per heavy atom. The second-order valence-electron chi connectivity index (χ2n) is 9.49. The predicted octanol–water partition coefficient (Wildman–Crippen LogP) is 4.98. The SMILES string of the molecule is C=C(I)[C@H](C)C[C@@H](CC[C@@H]1O[C@@H](CCC2OCC(C)(C)CO2)CC1=C)OS(C)(=O)=O. The molecule has 0 aromatic heterocycles. The van der Waals surface area contributed by atoms with Gasteiger partial charge in [-0.3, -0.25) is 4.18 Å². The van der Waals surface area contributed by atoms with Gasteiger partial charge in [-0.05, 0) is 69.8 Å². The van der Waals surface area contributed by atoms with Gasteiger partial charge in [-0.15, -0.1) is 0 Å². The summed E-state index contributed by atoms with van der Waals surface area (Å²) in [5, 5.41) is 0. The van der Waals surface area contributed by atoms with Gasteiger partial charge in [0.25, 0.3) is 10.1 Å². The maximum Gasteiger partial charge on any atom is 0.264 e. The molecule has 0 aromatic rings. The van der Waals surface area contributed by atoms with E-state index in [1.165, 1.54) is 0 Å². The van der Waals surface area contributed by atoms with Crippen LogP contribution in [-0.2, 0) is 28.5 Å². The minimum Gasteiger partial charge on any atom is -0.370 e. The first kappa shape index (κ1) is 26.3. The molecule has 0 radical (unpaired) electrons. The highest BCUT2D eigenvalue weighted by molar-refractivity contribution is 14.1. The molecular weight excluding hydrogens is 519 g/mol. The molecule has 4 atom stereocenters. The minimum atomic E-state index is -3.52. The van der Waals surface area contributed by atoms with Crippen molar-refractivity contribution in [1.82, 2.24) is 0 Å². The number of rotatable bonds is 11. The maximum atomic E-state index is 11.7. The molecule has 0 aliphatic carbocycles. The van der Waals surface area contributed by atoms with Crippen molar-refractivity contribution in [2.75, 3.05) is 19.5 Å². The second-order valence-corrected chi connectivity index (χ2v) is 12.5. The highest BCUT2D eigenvalue weighted by atomic mass is 127. The van der Waals surface area contributed by atoms with Crippen molar-refractivity contribution in [2.24, 2.45) is 11.3 Å². The third-order valence-electron chi connectivity index (χ3n) is 5.56. The Balaban J connectivity index is 1.79. The molecule has 0 bridgehead atoms. The van der Waals surface area contributed by atoms with Gasteiger partial charge < -0.3 is 14.2 Å². The first-order valence-corrected chi connectivity index (χ1v) is 13.5. The molecule has 0 N–H and O–H groups in total. The van der Waals surface area contributed by atoms with Crippen LogP contribution in [0.4, 0.5) is 0 Å². The van der Waals surface area contributed by atoms with Crippen LogP contribution in [0.15, 0.2) is 22.3 Å². The largest absolute Gasteiger partial charge is 0.370 e. The van der Waals surface area contributed by atoms with Crippen molar-refractivity contribution in [1.29, 1.82) is 0 Å². The number of ether oxygens (including phenoxy) is 3. The molecule has 0 spiro atoms. The van der Waals surface area contributed by atoms with E-state index < -0.39 is 10.1 Å². The second kappa shape index (κ2) is 11.2. The van der Waals surface area contributed by atoms with Gasteiger partial charge in [0.1, 0.15) is 0 Å². The van der Waals surface area contributed by atoms with Crippen molar-refractivity contribution in [2.45, 2.75) is 83.9 Å². The third-order valence-corrected chi connectivity index (χ3v) is 7.24. The molecule has 0 saturated carbocycles. The summed E-state index contributed by atoms with van der Waals surface area (Å²) in [6.07, 6.45) is 4.98. The lowest BCUT2D eigenvalue weighted by Gasteiger charge is -2.34. The van der Waals surface area contributed by atoms with Crippen molar-refractivity contribution in [3.05, 3.63) is 22.3 Å². The quantitative estimate of drug-likeness (QED) is 0.203. The van der Waals surface area contributed by atoms with Gasteiger partial charge in [-0.2, -0.15) is 8.42 Å². The van der Waals surface area contributed by atoms with E-state index in [4.69, 9.17) is 18.4 Å². The zero-order chi connectivity index (χ0) is 22.5. The summed E-state index contributed by atoms with van der Waals surface area (Å²) in [6, 6.07) is 0. The number of hydrogen-bond donors (Lipinski definition) is 0. The Kier molecular flexibility index (Phi) is 9.83. The van der Waals surface area contributed by atoms with E-state index in [0.29, 0.717) is 32.5 Å². The number of hydrogen-bond acceptors (Lipinski definition) is 6. The van der Waals surface area contributed by atoms with Crippen LogP contribution in [0.2, 0.25) is 0 Å². The molecule has 8 heteroatoms. The Hall–Kier alpha value is 0. The molecule has 0 unspecified atom stereocenters. The van der Waals surface area contributed by atoms with E-state index in [2.05, 4.69) is 49.6 Å². The van der Waals surface area contributed by atoms with E-state index >= 15 is 0 Å². The van der Waals surface area contributed by atoms with Gasteiger partial charge in [0.2, 0.25) is 0 Å². The van der Waals surface area contributed by atoms with Gasteiger partial charge in [-0.1, -0.05) is 33.9 Å². The number of halogens is 1. The van der Waals surface area contributed by atoms with Gasteiger partial charge in [0.15, 0.2) is 6.29 Å². The van der Waals surface area contributed by atoms with Crippen LogP contribution in [0, 0.1) is 11.3 Å². The first-order chi connectivity index (χ1) is 13.8. The highest BCUT2D eigenvalue weighted by Crippen LogP contribution is 2.33. The average molecular weight is 557 g/mol. The molecule has 2 saturated heterocycles. The molecule has 174 valence electrons. The van der Waals surface area contributed by atoms with Gasteiger partial charge in [0, 0.05) is 11.8 Å². The van der Waals surface area contributed by atoms with Crippen LogP contribution in [0.3, 0.4) is 0 Å². The molecule has 2 rings (SSSR count). The molecule has 30 heavy (non-hydrogen) atoms. The normalized spacial score (nSPS) is 27.2. The summed E-state index contributed by atoms with van der Waals surface area (Å²) in [5.74, 6) is 0.179. The van der Waals surface area contributed by atoms with Crippen LogP contribution < -0.4 is 0 Å². The lowest BCUT2D eigenvalue weighted by Crippen LogP contribution is -2.38. The Bertz CT molecular complexity index is 694. The van der Waals surface area contributed by atoms with E-state index in [0.717, 1.165) is 34.7 Å². The van der Waals surface area contributed by atoms with E-state index in [9.17, 15) is 8.42 Å². The van der Waals surface area contributed by atoms with Crippen LogP contribution in [0.5, 0.6) is 0 Å². The van der Waals surface area contributed by atoms with Crippen LogP contribution >= 0.6 is 22.6 Å². The van der Waals surface area contributed by atoms with E-state index in [1.807, 2.05) is 6.92 Å². The maximum absolute atomic E-state index is 11.7. The molecule has 2 fully saturated rings. The molecule has 2 aliphatic rings. The lowest BCUT2D eigenvalue weighted by molar-refractivity contribution is -0.225. The zero-order valence-corrected chi connectivity index (χ0v) is 21.7. The standard InChI is InChI=1S/C22H37IO6S/c1-15(17(3)23)11-19(29-30(6,24)25)7-9-20-16(2)12-18(28-20)8-10-21-26-13-22(4,5)14-27-21/h15,18-21H,2-3,7-14H2,1,4-6H3/t15-,18+,19-,20+/m1/s1. The fraction of sp³-hybridized carbons (Fsp3) is 0.818. The van der Waals surface area contributed by atoms with Crippen molar-refractivity contribution in [3.63, 3.8) is 0 Å². The van der Waals surface area contributed by atoms with Crippen molar-refractivity contribution in [3.8, 4) is 0 Å². The molecular formula is C22H37IO6S. The topological polar surface area (TPSA) is 71.1 Å². The summed E-state index contributed by atoms with van der Waals surface area (Å²) in [5.41, 5.74) is 1.14. The number of allylic oxidation sites excluding steroid dienone is 1. The van der Waals surface area contributed by atoms with Crippen LogP contribution in [-0.4, -0.2) is 52.5 Å². The van der Waals surface area contributed by atoms with Crippen LogP contribution in [0.1, 0.15) is 59.3 Å². The predicted molar refractivity (Wildman–Crippen MR) is 127 cm³/mol. The zero-order valence-electron chi connectivity index (χ0n) is 18.7. The highest BCUT2D eigenvalue weighted by Gasteiger charge is 2.32. The van der Waals surface area contributed by atoms with Crippen LogP contribution in [0.25, 0.3) is 0 Å². The fourth-order valence-corrected chi connectivity index (χ4v) is 4.69. The van der Waals surface area contributed by atoms with E-state index in [-0.39, 0.29) is 35.9 Å². The molecule has 0 amide bonds. The molecule has 2 heterocycles. The van der Waals surface area contributed by atoms with Crippen molar-refractivity contribution >= 4 is 32.7 Å². The monoisotopic (exact) mass is 556 g/mol. The fourth-order valence-electron chi connectivity index (χ4n) is 3.77. The first-order valence-electron chi connectivity index (χ1n) is 10.6. The van der Waals surface area contributed by atoms with E-state index in [1.54, 1.807) is 0 Å². The smallest absolute Gasteiger partial charge is 0.264 e. The average Bonchev–Trinajstić information content (AvgIpc) is 2.97. The minimum absolute atomic E-state index is 0.0640. The van der Waals surface area contributed by atoms with Crippen molar-refractivity contribution < 1.29 is 26.8 Å². The Morgan fingerprint density at radius 3 is 2.47 bits per heavy atom. The molecule has 2 aliphatic heterocycles. The molecule has 6 nitrogen and oxygen atoms in total.